The molecule has 1 saturated carbocycles. The molecule has 2 heteroatoms. The van der Waals surface area contributed by atoms with Crippen LogP contribution in [-0.2, 0) is 6.54 Å². The Labute approximate surface area is 124 Å². The van der Waals surface area contributed by atoms with Crippen LogP contribution in [0.2, 0.25) is 0 Å². The van der Waals surface area contributed by atoms with E-state index in [1.165, 1.54) is 48.9 Å². The largest absolute Gasteiger partial charge is 0.369 e. The minimum absolute atomic E-state index is 0.766. The Bertz CT molecular complexity index is 408. The average Bonchev–Trinajstić information content (AvgIpc) is 2.96. The van der Waals surface area contributed by atoms with Gasteiger partial charge in [0.15, 0.2) is 0 Å². The molecule has 0 amide bonds. The number of hydrogen-bond donors (Lipinski definition) is 1. The summed E-state index contributed by atoms with van der Waals surface area (Å²) in [6, 6.07) is 7.75. The van der Waals surface area contributed by atoms with Gasteiger partial charge in [-0.25, -0.2) is 0 Å². The van der Waals surface area contributed by atoms with Gasteiger partial charge in [-0.05, 0) is 56.8 Å². The van der Waals surface area contributed by atoms with Crippen LogP contribution in [0.4, 0.5) is 5.69 Å². The molecule has 112 valence electrons. The molecule has 1 aliphatic carbocycles. The molecule has 0 aliphatic heterocycles. The number of anilines is 1. The lowest BCUT2D eigenvalue weighted by atomic mass is 10.1. The van der Waals surface area contributed by atoms with Crippen LogP contribution in [0.1, 0.15) is 57.1 Å². The van der Waals surface area contributed by atoms with Gasteiger partial charge in [0.25, 0.3) is 0 Å². The molecule has 0 radical (unpaired) electrons. The molecule has 20 heavy (non-hydrogen) atoms. The van der Waals surface area contributed by atoms with Crippen LogP contribution < -0.4 is 10.2 Å². The summed E-state index contributed by atoms with van der Waals surface area (Å²) < 4.78 is 0. The first kappa shape index (κ1) is 15.4. The molecule has 0 unspecified atom stereocenters. The molecule has 0 bridgehead atoms. The fourth-order valence-corrected chi connectivity index (χ4v) is 3.40. The molecule has 0 aromatic heterocycles. The van der Waals surface area contributed by atoms with Gasteiger partial charge in [0.1, 0.15) is 0 Å². The molecular weight excluding hydrogens is 244 g/mol. The van der Waals surface area contributed by atoms with Crippen molar-refractivity contribution in [3.05, 3.63) is 29.3 Å². The Morgan fingerprint density at radius 2 is 1.95 bits per heavy atom. The first-order chi connectivity index (χ1) is 9.76. The van der Waals surface area contributed by atoms with Crippen molar-refractivity contribution in [1.29, 1.82) is 0 Å². The van der Waals surface area contributed by atoms with Crippen molar-refractivity contribution in [3.63, 3.8) is 0 Å². The normalized spacial score (nSPS) is 15.8. The molecule has 1 fully saturated rings. The summed E-state index contributed by atoms with van der Waals surface area (Å²) in [6.07, 6.45) is 6.74. The summed E-state index contributed by atoms with van der Waals surface area (Å²) in [5.41, 5.74) is 4.27. The Morgan fingerprint density at radius 1 is 1.20 bits per heavy atom. The summed E-state index contributed by atoms with van der Waals surface area (Å²) in [5.74, 6) is 0. The molecule has 2 rings (SSSR count). The highest BCUT2D eigenvalue weighted by Crippen LogP contribution is 2.30. The van der Waals surface area contributed by atoms with E-state index in [2.05, 4.69) is 49.2 Å². The Hall–Kier alpha value is -1.02. The average molecular weight is 274 g/mol. The predicted molar refractivity (Wildman–Crippen MR) is 88.5 cm³/mol. The zero-order valence-electron chi connectivity index (χ0n) is 13.4. The smallest absolute Gasteiger partial charge is 0.0398 e. The molecule has 1 N–H and O–H groups in total. The molecule has 1 aromatic rings. The fourth-order valence-electron chi connectivity index (χ4n) is 3.40. The van der Waals surface area contributed by atoms with E-state index in [0.29, 0.717) is 0 Å². The van der Waals surface area contributed by atoms with E-state index >= 15 is 0 Å². The van der Waals surface area contributed by atoms with E-state index in [4.69, 9.17) is 0 Å². The van der Waals surface area contributed by atoms with Crippen LogP contribution in [0.5, 0.6) is 0 Å². The summed E-state index contributed by atoms with van der Waals surface area (Å²) in [7, 11) is 0. The molecule has 0 atom stereocenters. The van der Waals surface area contributed by atoms with Crippen molar-refractivity contribution in [2.24, 2.45) is 0 Å². The summed E-state index contributed by atoms with van der Waals surface area (Å²) in [6.45, 7) is 9.97. The van der Waals surface area contributed by atoms with Crippen LogP contribution in [0.3, 0.4) is 0 Å². The van der Waals surface area contributed by atoms with Gasteiger partial charge in [0, 0.05) is 24.8 Å². The molecular formula is C18H30N2. The van der Waals surface area contributed by atoms with Gasteiger partial charge < -0.3 is 10.2 Å². The minimum atomic E-state index is 0.766. The van der Waals surface area contributed by atoms with E-state index in [1.807, 2.05) is 0 Å². The van der Waals surface area contributed by atoms with Gasteiger partial charge in [-0.1, -0.05) is 31.9 Å². The quantitative estimate of drug-likeness (QED) is 0.747. The maximum absolute atomic E-state index is 3.48. The van der Waals surface area contributed by atoms with E-state index in [0.717, 1.165) is 25.7 Å². The predicted octanol–water partition coefficient (Wildman–Crippen LogP) is 4.26. The topological polar surface area (TPSA) is 15.3 Å². The Kier molecular flexibility index (Phi) is 5.90. The number of benzene rings is 1. The van der Waals surface area contributed by atoms with E-state index in [-0.39, 0.29) is 0 Å². The Morgan fingerprint density at radius 3 is 2.55 bits per heavy atom. The van der Waals surface area contributed by atoms with Crippen LogP contribution in [0.25, 0.3) is 0 Å². The third-order valence-electron chi connectivity index (χ3n) is 4.43. The number of rotatable bonds is 7. The molecule has 1 aliphatic rings. The number of hydrogen-bond acceptors (Lipinski definition) is 2. The van der Waals surface area contributed by atoms with Gasteiger partial charge in [0.05, 0.1) is 0 Å². The highest BCUT2D eigenvalue weighted by Gasteiger charge is 2.22. The monoisotopic (exact) mass is 274 g/mol. The van der Waals surface area contributed by atoms with Crippen LogP contribution >= 0.6 is 0 Å². The zero-order chi connectivity index (χ0) is 14.4. The van der Waals surface area contributed by atoms with Gasteiger partial charge in [0.2, 0.25) is 0 Å². The second-order valence-corrected chi connectivity index (χ2v) is 6.02. The van der Waals surface area contributed by atoms with E-state index in [1.54, 1.807) is 0 Å². The standard InChI is InChI=1S/C18H30N2/c1-4-12-19-14-16-10-11-18(15(3)13-16)20(5-2)17-8-6-7-9-17/h10-11,13,17,19H,4-9,12,14H2,1-3H3. The maximum atomic E-state index is 3.48. The summed E-state index contributed by atoms with van der Waals surface area (Å²) >= 11 is 0. The van der Waals surface area contributed by atoms with Crippen LogP contribution in [-0.4, -0.2) is 19.1 Å². The lowest BCUT2D eigenvalue weighted by Crippen LogP contribution is -2.33. The SMILES string of the molecule is CCCNCc1ccc(N(CC)C2CCCC2)c(C)c1. The van der Waals surface area contributed by atoms with Crippen LogP contribution in [0.15, 0.2) is 18.2 Å². The molecule has 0 saturated heterocycles. The van der Waals surface area contributed by atoms with E-state index in [9.17, 15) is 0 Å². The first-order valence-corrected chi connectivity index (χ1v) is 8.33. The minimum Gasteiger partial charge on any atom is -0.369 e. The molecule has 1 aromatic carbocycles. The van der Waals surface area contributed by atoms with Crippen molar-refractivity contribution >= 4 is 5.69 Å². The van der Waals surface area contributed by atoms with Crippen LogP contribution in [0, 0.1) is 6.92 Å². The lowest BCUT2D eigenvalue weighted by Gasteiger charge is -2.31. The third kappa shape index (κ3) is 3.76. The van der Waals surface area contributed by atoms with E-state index < -0.39 is 0 Å². The number of nitrogens with one attached hydrogen (secondary N) is 1. The van der Waals surface area contributed by atoms with Crippen molar-refractivity contribution in [2.75, 3.05) is 18.0 Å². The number of nitrogens with zero attached hydrogens (tertiary/aromatic N) is 1. The molecule has 2 nitrogen and oxygen atoms in total. The second-order valence-electron chi connectivity index (χ2n) is 6.02. The highest BCUT2D eigenvalue weighted by atomic mass is 15.2. The lowest BCUT2D eigenvalue weighted by molar-refractivity contribution is 0.618. The van der Waals surface area contributed by atoms with Gasteiger partial charge in [-0.2, -0.15) is 0 Å². The number of aryl methyl sites for hydroxylation is 1. The highest BCUT2D eigenvalue weighted by molar-refractivity contribution is 5.55. The van der Waals surface area contributed by atoms with Crippen molar-refractivity contribution in [2.45, 2.75) is 65.5 Å². The van der Waals surface area contributed by atoms with Crippen molar-refractivity contribution in [1.82, 2.24) is 5.32 Å². The second kappa shape index (κ2) is 7.68. The fraction of sp³-hybridized carbons (Fsp3) is 0.667. The van der Waals surface area contributed by atoms with Gasteiger partial charge in [-0.3, -0.25) is 0 Å². The summed E-state index contributed by atoms with van der Waals surface area (Å²) in [5, 5.41) is 3.48. The first-order valence-electron chi connectivity index (χ1n) is 8.33. The zero-order valence-corrected chi connectivity index (χ0v) is 13.4. The Balaban J connectivity index is 2.07. The van der Waals surface area contributed by atoms with Crippen molar-refractivity contribution in [3.8, 4) is 0 Å². The van der Waals surface area contributed by atoms with Gasteiger partial charge >= 0.3 is 0 Å². The summed E-state index contributed by atoms with van der Waals surface area (Å²) in [4.78, 5) is 2.62. The molecule has 0 heterocycles. The van der Waals surface area contributed by atoms with Gasteiger partial charge in [-0.15, -0.1) is 0 Å². The van der Waals surface area contributed by atoms with Crippen molar-refractivity contribution < 1.29 is 0 Å². The maximum Gasteiger partial charge on any atom is 0.0398 e. The molecule has 0 spiro atoms. The third-order valence-corrected chi connectivity index (χ3v) is 4.43.